The molecule has 3 heterocycles. The van der Waals surface area contributed by atoms with Crippen molar-refractivity contribution in [2.24, 2.45) is 0 Å². The molecular weight excluding hydrogens is 348 g/mol. The van der Waals surface area contributed by atoms with Gasteiger partial charge in [0.25, 0.3) is 0 Å². The number of rotatable bonds is 4. The Labute approximate surface area is 157 Å². The van der Waals surface area contributed by atoms with Crippen molar-refractivity contribution in [3.63, 3.8) is 0 Å². The zero-order valence-electron chi connectivity index (χ0n) is 15.2. The largest absolute Gasteiger partial charge is 0.477 e. The van der Waals surface area contributed by atoms with Crippen molar-refractivity contribution in [1.82, 2.24) is 9.47 Å². The average molecular weight is 372 g/mol. The number of hydrogen-bond acceptors (Lipinski definition) is 5. The van der Waals surface area contributed by atoms with E-state index in [0.717, 1.165) is 43.6 Å². The van der Waals surface area contributed by atoms with E-state index < -0.39 is 11.4 Å². The molecule has 0 bridgehead atoms. The third kappa shape index (κ3) is 3.76. The highest BCUT2D eigenvalue weighted by molar-refractivity contribution is 5.92. The zero-order chi connectivity index (χ0) is 18.8. The summed E-state index contributed by atoms with van der Waals surface area (Å²) < 4.78 is 12.8. The van der Waals surface area contributed by atoms with Gasteiger partial charge in [-0.1, -0.05) is 6.07 Å². The van der Waals surface area contributed by atoms with Crippen LogP contribution in [0, 0.1) is 0 Å². The number of fused-ring (bicyclic) bond motifs is 1. The standard InChI is InChI=1S/C20H24N2O5/c23-19-16-11-14(12-21-5-9-27-10-6-21)1-2-18(16)22(13-17(19)20(24)25)15-3-7-26-8-4-15/h1-2,11,13,15H,3-10,12H2,(H,24,25). The van der Waals surface area contributed by atoms with E-state index in [1.165, 1.54) is 6.20 Å². The van der Waals surface area contributed by atoms with Crippen LogP contribution >= 0.6 is 0 Å². The Bertz CT molecular complexity index is 895. The number of morpholine rings is 1. The smallest absolute Gasteiger partial charge is 0.341 e. The van der Waals surface area contributed by atoms with Crippen molar-refractivity contribution in [3.8, 4) is 0 Å². The molecule has 7 nitrogen and oxygen atoms in total. The summed E-state index contributed by atoms with van der Waals surface area (Å²) in [6.07, 6.45) is 3.13. The molecule has 27 heavy (non-hydrogen) atoms. The van der Waals surface area contributed by atoms with Gasteiger partial charge in [0, 0.05) is 50.5 Å². The zero-order valence-corrected chi connectivity index (χ0v) is 15.2. The summed E-state index contributed by atoms with van der Waals surface area (Å²) in [6, 6.07) is 5.99. The van der Waals surface area contributed by atoms with Gasteiger partial charge in [-0.3, -0.25) is 9.69 Å². The predicted octanol–water partition coefficient (Wildman–Crippen LogP) is 1.88. The molecule has 4 rings (SSSR count). The summed E-state index contributed by atoms with van der Waals surface area (Å²) in [6.45, 7) is 5.18. The Hall–Kier alpha value is -2.22. The maximum Gasteiger partial charge on any atom is 0.341 e. The molecule has 0 saturated carbocycles. The third-order valence-corrected chi connectivity index (χ3v) is 5.42. The van der Waals surface area contributed by atoms with Crippen LogP contribution in [0.1, 0.15) is 34.8 Å². The first-order valence-electron chi connectivity index (χ1n) is 9.42. The monoisotopic (exact) mass is 372 g/mol. The lowest BCUT2D eigenvalue weighted by Crippen LogP contribution is -2.35. The van der Waals surface area contributed by atoms with E-state index >= 15 is 0 Å². The van der Waals surface area contributed by atoms with E-state index in [0.29, 0.717) is 31.8 Å². The van der Waals surface area contributed by atoms with E-state index in [9.17, 15) is 14.7 Å². The molecule has 0 amide bonds. The average Bonchev–Trinajstić information content (AvgIpc) is 2.70. The summed E-state index contributed by atoms with van der Waals surface area (Å²) in [5, 5.41) is 10.00. The van der Waals surface area contributed by atoms with Crippen LogP contribution in [0.4, 0.5) is 0 Å². The minimum Gasteiger partial charge on any atom is -0.477 e. The lowest BCUT2D eigenvalue weighted by molar-refractivity contribution is 0.0342. The fraction of sp³-hybridized carbons (Fsp3) is 0.500. The molecule has 0 radical (unpaired) electrons. The fourth-order valence-corrected chi connectivity index (χ4v) is 3.94. The molecule has 2 saturated heterocycles. The molecule has 2 aliphatic rings. The molecular formula is C20H24N2O5. The highest BCUT2D eigenvalue weighted by Gasteiger charge is 2.21. The van der Waals surface area contributed by atoms with Crippen LogP contribution in [0.2, 0.25) is 0 Å². The fourth-order valence-electron chi connectivity index (χ4n) is 3.94. The number of pyridine rings is 1. The Balaban J connectivity index is 1.77. The third-order valence-electron chi connectivity index (χ3n) is 5.42. The van der Waals surface area contributed by atoms with Crippen LogP contribution in [0.5, 0.6) is 0 Å². The second kappa shape index (κ2) is 7.80. The Morgan fingerprint density at radius 3 is 2.52 bits per heavy atom. The first kappa shape index (κ1) is 18.2. The SMILES string of the molecule is O=C(O)c1cn(C2CCOCC2)c2ccc(CN3CCOCC3)cc2c1=O. The van der Waals surface area contributed by atoms with Gasteiger partial charge in [0.2, 0.25) is 5.43 Å². The molecule has 7 heteroatoms. The minimum absolute atomic E-state index is 0.144. The quantitative estimate of drug-likeness (QED) is 0.883. The molecule has 2 fully saturated rings. The number of aromatic carboxylic acids is 1. The number of nitrogens with zero attached hydrogens (tertiary/aromatic N) is 2. The summed E-state index contributed by atoms with van der Waals surface area (Å²) in [4.78, 5) is 26.7. The van der Waals surface area contributed by atoms with Gasteiger partial charge >= 0.3 is 5.97 Å². The van der Waals surface area contributed by atoms with Crippen molar-refractivity contribution in [3.05, 3.63) is 45.7 Å². The molecule has 0 atom stereocenters. The topological polar surface area (TPSA) is 81.0 Å². The lowest BCUT2D eigenvalue weighted by Gasteiger charge is -2.28. The van der Waals surface area contributed by atoms with E-state index in [4.69, 9.17) is 9.47 Å². The summed E-state index contributed by atoms with van der Waals surface area (Å²) in [7, 11) is 0. The number of hydrogen-bond donors (Lipinski definition) is 1. The molecule has 1 aromatic heterocycles. The first-order chi connectivity index (χ1) is 13.1. The normalized spacial score (nSPS) is 19.4. The van der Waals surface area contributed by atoms with Gasteiger partial charge in [0.05, 0.1) is 18.7 Å². The minimum atomic E-state index is -1.18. The van der Waals surface area contributed by atoms with E-state index in [1.54, 1.807) is 0 Å². The van der Waals surface area contributed by atoms with Crippen molar-refractivity contribution in [1.29, 1.82) is 0 Å². The molecule has 1 aromatic carbocycles. The Kier molecular flexibility index (Phi) is 5.24. The predicted molar refractivity (Wildman–Crippen MR) is 100 cm³/mol. The molecule has 144 valence electrons. The molecule has 0 unspecified atom stereocenters. The van der Waals surface area contributed by atoms with E-state index in [1.807, 2.05) is 22.8 Å². The molecule has 2 aliphatic heterocycles. The van der Waals surface area contributed by atoms with Crippen molar-refractivity contribution in [2.45, 2.75) is 25.4 Å². The molecule has 0 aliphatic carbocycles. The van der Waals surface area contributed by atoms with Crippen molar-refractivity contribution in [2.75, 3.05) is 39.5 Å². The van der Waals surface area contributed by atoms with Gasteiger partial charge in [-0.25, -0.2) is 4.79 Å². The van der Waals surface area contributed by atoms with Crippen molar-refractivity contribution >= 4 is 16.9 Å². The first-order valence-corrected chi connectivity index (χ1v) is 9.42. The van der Waals surface area contributed by atoms with Gasteiger partial charge < -0.3 is 19.1 Å². The number of benzene rings is 1. The van der Waals surface area contributed by atoms with Crippen LogP contribution in [0.3, 0.4) is 0 Å². The van der Waals surface area contributed by atoms with Crippen LogP contribution in [-0.4, -0.2) is 60.1 Å². The van der Waals surface area contributed by atoms with Crippen LogP contribution in [0.25, 0.3) is 10.9 Å². The second-order valence-corrected chi connectivity index (χ2v) is 7.17. The second-order valence-electron chi connectivity index (χ2n) is 7.17. The number of ether oxygens (including phenoxy) is 2. The number of carboxylic acids is 1. The summed E-state index contributed by atoms with van der Waals surface area (Å²) in [5.41, 5.74) is 1.23. The van der Waals surface area contributed by atoms with Gasteiger partial charge in [0.1, 0.15) is 5.56 Å². The number of carbonyl (C=O) groups is 1. The van der Waals surface area contributed by atoms with Crippen molar-refractivity contribution < 1.29 is 19.4 Å². The number of carboxylic acid groups (broad SMARTS) is 1. The van der Waals surface area contributed by atoms with Gasteiger partial charge in [-0.05, 0) is 30.5 Å². The van der Waals surface area contributed by atoms with E-state index in [2.05, 4.69) is 4.90 Å². The molecule has 0 spiro atoms. The highest BCUT2D eigenvalue weighted by atomic mass is 16.5. The van der Waals surface area contributed by atoms with Crippen LogP contribution in [-0.2, 0) is 16.0 Å². The van der Waals surface area contributed by atoms with Gasteiger partial charge in [0.15, 0.2) is 0 Å². The van der Waals surface area contributed by atoms with E-state index in [-0.39, 0.29) is 11.6 Å². The van der Waals surface area contributed by atoms with Gasteiger partial charge in [-0.2, -0.15) is 0 Å². The Morgan fingerprint density at radius 2 is 1.81 bits per heavy atom. The maximum atomic E-state index is 12.8. The highest BCUT2D eigenvalue weighted by Crippen LogP contribution is 2.26. The Morgan fingerprint density at radius 1 is 1.11 bits per heavy atom. The lowest BCUT2D eigenvalue weighted by atomic mass is 10.0. The summed E-state index contributed by atoms with van der Waals surface area (Å²) in [5.74, 6) is -1.18. The number of aromatic nitrogens is 1. The summed E-state index contributed by atoms with van der Waals surface area (Å²) >= 11 is 0. The maximum absolute atomic E-state index is 12.8. The van der Waals surface area contributed by atoms with Crippen LogP contribution in [0.15, 0.2) is 29.2 Å². The van der Waals surface area contributed by atoms with Crippen LogP contribution < -0.4 is 5.43 Å². The molecule has 2 aromatic rings. The van der Waals surface area contributed by atoms with Gasteiger partial charge in [-0.15, -0.1) is 0 Å². The molecule has 1 N–H and O–H groups in total.